The van der Waals surface area contributed by atoms with E-state index in [0.29, 0.717) is 0 Å². The molecule has 0 unspecified atom stereocenters. The van der Waals surface area contributed by atoms with E-state index in [1.165, 1.54) is 16.0 Å². The number of aryl methyl sites for hydroxylation is 1. The van der Waals surface area contributed by atoms with Crippen LogP contribution >= 0.6 is 23.1 Å². The van der Waals surface area contributed by atoms with Gasteiger partial charge in [-0.2, -0.15) is 0 Å². The molecule has 4 heterocycles. The van der Waals surface area contributed by atoms with Crippen LogP contribution in [0.2, 0.25) is 0 Å². The predicted molar refractivity (Wildman–Crippen MR) is 124 cm³/mol. The number of pyridine rings is 1. The summed E-state index contributed by atoms with van der Waals surface area (Å²) in [5, 5.41) is 12.2. The van der Waals surface area contributed by atoms with Crippen molar-refractivity contribution >= 4 is 28.7 Å². The Morgan fingerprint density at radius 3 is 2.67 bits per heavy atom. The van der Waals surface area contributed by atoms with Crippen LogP contribution in [0.3, 0.4) is 0 Å². The standard InChI is InChI=1S/C23H21N5S2/c1-3-28-22(19-15-29-16(2)21(19)17-9-5-4-6-10-17)25-26-23(28)30-14-18-13-27-12-8-7-11-20(27)24-18/h4-13,15H,3,14H2,1-2H3. The topological polar surface area (TPSA) is 48.0 Å². The summed E-state index contributed by atoms with van der Waals surface area (Å²) in [6, 6.07) is 16.6. The molecule has 5 rings (SSSR count). The highest BCUT2D eigenvalue weighted by atomic mass is 32.2. The number of imidazole rings is 1. The first-order chi connectivity index (χ1) is 14.7. The van der Waals surface area contributed by atoms with Gasteiger partial charge in [-0.3, -0.25) is 0 Å². The average Bonchev–Trinajstić information content (AvgIpc) is 3.48. The number of fused-ring (bicyclic) bond motifs is 1. The summed E-state index contributed by atoms with van der Waals surface area (Å²) >= 11 is 3.44. The predicted octanol–water partition coefficient (Wildman–Crippen LogP) is 5.94. The molecule has 5 nitrogen and oxygen atoms in total. The number of aromatic nitrogens is 5. The molecule has 0 aliphatic rings. The summed E-state index contributed by atoms with van der Waals surface area (Å²) in [5.74, 6) is 1.69. The minimum absolute atomic E-state index is 0.758. The molecule has 0 bridgehead atoms. The highest BCUT2D eigenvalue weighted by molar-refractivity contribution is 7.98. The molecule has 30 heavy (non-hydrogen) atoms. The van der Waals surface area contributed by atoms with Gasteiger partial charge in [-0.25, -0.2) is 4.98 Å². The van der Waals surface area contributed by atoms with E-state index in [4.69, 9.17) is 4.98 Å². The Balaban J connectivity index is 1.46. The van der Waals surface area contributed by atoms with Crippen LogP contribution in [0.1, 0.15) is 17.5 Å². The van der Waals surface area contributed by atoms with Gasteiger partial charge in [-0.1, -0.05) is 48.2 Å². The Labute approximate surface area is 183 Å². The fourth-order valence-corrected chi connectivity index (χ4v) is 5.41. The monoisotopic (exact) mass is 431 g/mol. The van der Waals surface area contributed by atoms with E-state index in [1.807, 2.05) is 34.9 Å². The van der Waals surface area contributed by atoms with Crippen LogP contribution in [0.4, 0.5) is 0 Å². The highest BCUT2D eigenvalue weighted by Crippen LogP contribution is 2.39. The Morgan fingerprint density at radius 2 is 1.87 bits per heavy atom. The summed E-state index contributed by atoms with van der Waals surface area (Å²) in [7, 11) is 0. The molecule has 150 valence electrons. The smallest absolute Gasteiger partial charge is 0.191 e. The fraction of sp³-hybridized carbons (Fsp3) is 0.174. The lowest BCUT2D eigenvalue weighted by Crippen LogP contribution is -2.00. The fourth-order valence-electron chi connectivity index (χ4n) is 3.66. The molecule has 0 saturated heterocycles. The Kier molecular flexibility index (Phi) is 5.14. The molecule has 0 spiro atoms. The van der Waals surface area contributed by atoms with Crippen LogP contribution in [-0.4, -0.2) is 24.1 Å². The molecule has 0 aliphatic carbocycles. The van der Waals surface area contributed by atoms with Gasteiger partial charge in [-0.15, -0.1) is 21.5 Å². The summed E-state index contributed by atoms with van der Waals surface area (Å²) in [6.45, 7) is 5.13. The summed E-state index contributed by atoms with van der Waals surface area (Å²) < 4.78 is 4.25. The van der Waals surface area contributed by atoms with Crippen molar-refractivity contribution in [1.29, 1.82) is 0 Å². The number of thioether (sulfide) groups is 1. The first-order valence-electron chi connectivity index (χ1n) is 9.87. The van der Waals surface area contributed by atoms with Crippen LogP contribution in [0, 0.1) is 6.92 Å². The van der Waals surface area contributed by atoms with Crippen LogP contribution in [0.5, 0.6) is 0 Å². The zero-order valence-corrected chi connectivity index (χ0v) is 18.5. The van der Waals surface area contributed by atoms with Crippen molar-refractivity contribution in [3.8, 4) is 22.5 Å². The van der Waals surface area contributed by atoms with Gasteiger partial charge in [0, 0.05) is 46.1 Å². The lowest BCUT2D eigenvalue weighted by molar-refractivity contribution is 0.687. The third-order valence-corrected chi connectivity index (χ3v) is 6.99. The first-order valence-corrected chi connectivity index (χ1v) is 11.7. The molecule has 0 amide bonds. The van der Waals surface area contributed by atoms with Crippen LogP contribution < -0.4 is 0 Å². The minimum atomic E-state index is 0.758. The number of nitrogens with zero attached hydrogens (tertiary/aromatic N) is 5. The van der Waals surface area contributed by atoms with E-state index >= 15 is 0 Å². The molecule has 0 aliphatic heterocycles. The van der Waals surface area contributed by atoms with Crippen molar-refractivity contribution in [3.63, 3.8) is 0 Å². The maximum Gasteiger partial charge on any atom is 0.191 e. The zero-order chi connectivity index (χ0) is 20.5. The lowest BCUT2D eigenvalue weighted by atomic mass is 10.0. The van der Waals surface area contributed by atoms with Gasteiger partial charge in [-0.05, 0) is 31.5 Å². The SMILES string of the molecule is CCn1c(SCc2cn3ccccc3n2)nnc1-c1csc(C)c1-c1ccccc1. The quantitative estimate of drug-likeness (QED) is 0.312. The van der Waals surface area contributed by atoms with Gasteiger partial charge in [0.05, 0.1) is 5.69 Å². The molecule has 5 aromatic rings. The maximum absolute atomic E-state index is 4.69. The molecular formula is C23H21N5S2. The van der Waals surface area contributed by atoms with E-state index < -0.39 is 0 Å². The molecule has 1 aromatic carbocycles. The van der Waals surface area contributed by atoms with Gasteiger partial charge in [0.15, 0.2) is 11.0 Å². The van der Waals surface area contributed by atoms with Gasteiger partial charge >= 0.3 is 0 Å². The van der Waals surface area contributed by atoms with Gasteiger partial charge < -0.3 is 8.97 Å². The summed E-state index contributed by atoms with van der Waals surface area (Å²) in [4.78, 5) is 5.98. The number of hydrogen-bond donors (Lipinski definition) is 0. The second kappa shape index (κ2) is 8.08. The first kappa shape index (κ1) is 19.1. The van der Waals surface area contributed by atoms with E-state index in [9.17, 15) is 0 Å². The number of rotatable bonds is 6. The molecule has 0 radical (unpaired) electrons. The number of thiophene rings is 1. The summed E-state index contributed by atoms with van der Waals surface area (Å²) in [5.41, 5.74) is 5.62. The normalized spacial score (nSPS) is 11.4. The van der Waals surface area contributed by atoms with E-state index in [2.05, 4.69) is 64.5 Å². The lowest BCUT2D eigenvalue weighted by Gasteiger charge is -2.09. The van der Waals surface area contributed by atoms with Crippen molar-refractivity contribution in [1.82, 2.24) is 24.1 Å². The van der Waals surface area contributed by atoms with Crippen LogP contribution in [0.15, 0.2) is 71.5 Å². The minimum Gasteiger partial charge on any atom is -0.307 e. The third-order valence-electron chi connectivity index (χ3n) is 5.07. The zero-order valence-electron chi connectivity index (χ0n) is 16.8. The largest absolute Gasteiger partial charge is 0.307 e. The molecule has 0 atom stereocenters. The van der Waals surface area contributed by atoms with Crippen molar-refractivity contribution in [2.24, 2.45) is 0 Å². The molecular weight excluding hydrogens is 410 g/mol. The van der Waals surface area contributed by atoms with Gasteiger partial charge in [0.2, 0.25) is 0 Å². The van der Waals surface area contributed by atoms with Crippen molar-refractivity contribution in [3.05, 3.63) is 76.9 Å². The van der Waals surface area contributed by atoms with Crippen molar-refractivity contribution in [2.75, 3.05) is 0 Å². The van der Waals surface area contributed by atoms with E-state index in [0.717, 1.165) is 40.2 Å². The Morgan fingerprint density at radius 1 is 1.03 bits per heavy atom. The number of hydrogen-bond acceptors (Lipinski definition) is 5. The maximum atomic E-state index is 4.69. The van der Waals surface area contributed by atoms with E-state index in [-0.39, 0.29) is 0 Å². The van der Waals surface area contributed by atoms with Gasteiger partial charge in [0.1, 0.15) is 5.65 Å². The van der Waals surface area contributed by atoms with Gasteiger partial charge in [0.25, 0.3) is 0 Å². The number of benzene rings is 1. The average molecular weight is 432 g/mol. The van der Waals surface area contributed by atoms with E-state index in [1.54, 1.807) is 23.1 Å². The molecule has 4 aromatic heterocycles. The van der Waals surface area contributed by atoms with Crippen molar-refractivity contribution < 1.29 is 0 Å². The van der Waals surface area contributed by atoms with Crippen LogP contribution in [0.25, 0.3) is 28.2 Å². The second-order valence-corrected chi connectivity index (χ2v) is 9.01. The Hall–Kier alpha value is -2.90. The molecule has 0 N–H and O–H groups in total. The molecule has 7 heteroatoms. The highest BCUT2D eigenvalue weighted by Gasteiger charge is 2.20. The molecule has 0 saturated carbocycles. The van der Waals surface area contributed by atoms with Crippen LogP contribution in [-0.2, 0) is 12.3 Å². The van der Waals surface area contributed by atoms with Crippen molar-refractivity contribution in [2.45, 2.75) is 31.3 Å². The second-order valence-electron chi connectivity index (χ2n) is 6.98. The third kappa shape index (κ3) is 3.44. The summed E-state index contributed by atoms with van der Waals surface area (Å²) in [6.07, 6.45) is 4.10. The molecule has 0 fully saturated rings. The Bertz CT molecular complexity index is 1270.